The third-order valence-corrected chi connectivity index (χ3v) is 5.04. The van der Waals surface area contributed by atoms with E-state index in [9.17, 15) is 0 Å². The van der Waals surface area contributed by atoms with Crippen molar-refractivity contribution in [3.8, 4) is 0 Å². The Morgan fingerprint density at radius 1 is 1.15 bits per heavy atom. The summed E-state index contributed by atoms with van der Waals surface area (Å²) >= 11 is 0. The molecule has 1 aromatic rings. The van der Waals surface area contributed by atoms with Gasteiger partial charge in [-0.3, -0.25) is 0 Å². The van der Waals surface area contributed by atoms with Crippen molar-refractivity contribution in [1.29, 1.82) is 0 Å². The van der Waals surface area contributed by atoms with Crippen LogP contribution in [0.3, 0.4) is 0 Å². The normalized spacial score (nSPS) is 26.4. The van der Waals surface area contributed by atoms with E-state index in [1.807, 2.05) is 0 Å². The van der Waals surface area contributed by atoms with E-state index in [4.69, 9.17) is 0 Å². The Hall–Kier alpha value is -1.02. The quantitative estimate of drug-likeness (QED) is 0.901. The van der Waals surface area contributed by atoms with Crippen LogP contribution >= 0.6 is 0 Å². The molecule has 1 aliphatic heterocycles. The second kappa shape index (κ2) is 6.62. The summed E-state index contributed by atoms with van der Waals surface area (Å²) in [7, 11) is 0. The number of aryl methyl sites for hydroxylation is 1. The van der Waals surface area contributed by atoms with E-state index in [1.54, 1.807) is 0 Å². The van der Waals surface area contributed by atoms with Gasteiger partial charge in [-0.1, -0.05) is 25.1 Å². The van der Waals surface area contributed by atoms with Crippen molar-refractivity contribution in [2.24, 2.45) is 5.92 Å². The third-order valence-electron chi connectivity index (χ3n) is 5.04. The number of anilines is 1. The molecule has 2 aliphatic rings. The van der Waals surface area contributed by atoms with E-state index in [0.29, 0.717) is 0 Å². The molecule has 2 nitrogen and oxygen atoms in total. The van der Waals surface area contributed by atoms with Gasteiger partial charge in [-0.2, -0.15) is 0 Å². The van der Waals surface area contributed by atoms with Gasteiger partial charge in [0.15, 0.2) is 0 Å². The minimum absolute atomic E-state index is 0.770. The summed E-state index contributed by atoms with van der Waals surface area (Å²) in [5, 5.41) is 3.78. The summed E-state index contributed by atoms with van der Waals surface area (Å²) in [6, 6.07) is 9.69. The molecule has 20 heavy (non-hydrogen) atoms. The number of nitrogens with zero attached hydrogens (tertiary/aromatic N) is 1. The zero-order valence-corrected chi connectivity index (χ0v) is 12.8. The van der Waals surface area contributed by atoms with Gasteiger partial charge in [0.25, 0.3) is 0 Å². The van der Waals surface area contributed by atoms with Gasteiger partial charge in [0.1, 0.15) is 0 Å². The molecule has 0 spiro atoms. The van der Waals surface area contributed by atoms with Crippen LogP contribution in [0, 0.1) is 5.92 Å². The first-order valence-electron chi connectivity index (χ1n) is 8.39. The molecular formula is C18H28N2. The first-order valence-corrected chi connectivity index (χ1v) is 8.39. The van der Waals surface area contributed by atoms with Crippen molar-refractivity contribution in [3.05, 3.63) is 29.8 Å². The predicted molar refractivity (Wildman–Crippen MR) is 86.4 cm³/mol. The van der Waals surface area contributed by atoms with E-state index in [2.05, 4.69) is 41.4 Å². The van der Waals surface area contributed by atoms with Gasteiger partial charge < -0.3 is 10.2 Å². The van der Waals surface area contributed by atoms with Crippen molar-refractivity contribution in [1.82, 2.24) is 5.32 Å². The Morgan fingerprint density at radius 3 is 2.80 bits per heavy atom. The lowest BCUT2D eigenvalue weighted by molar-refractivity contribution is 0.309. The predicted octanol–water partition coefficient (Wildman–Crippen LogP) is 3.61. The minimum atomic E-state index is 0.770. The molecule has 0 amide bonds. The van der Waals surface area contributed by atoms with E-state index >= 15 is 0 Å². The molecule has 1 heterocycles. The molecule has 1 fully saturated rings. The van der Waals surface area contributed by atoms with Crippen LogP contribution in [-0.4, -0.2) is 25.7 Å². The van der Waals surface area contributed by atoms with Gasteiger partial charge in [0, 0.05) is 31.4 Å². The minimum Gasteiger partial charge on any atom is -0.370 e. The van der Waals surface area contributed by atoms with Gasteiger partial charge in [-0.25, -0.2) is 0 Å². The lowest BCUT2D eigenvalue weighted by Crippen LogP contribution is -2.40. The highest BCUT2D eigenvalue weighted by atomic mass is 15.2. The van der Waals surface area contributed by atoms with Gasteiger partial charge in [-0.05, 0) is 56.1 Å². The van der Waals surface area contributed by atoms with Crippen LogP contribution in [0.4, 0.5) is 5.69 Å². The van der Waals surface area contributed by atoms with Crippen LogP contribution in [0.5, 0.6) is 0 Å². The zero-order chi connectivity index (χ0) is 13.8. The molecule has 1 saturated carbocycles. The van der Waals surface area contributed by atoms with Crippen LogP contribution in [0.15, 0.2) is 24.3 Å². The molecule has 1 aromatic carbocycles. The summed E-state index contributed by atoms with van der Waals surface area (Å²) in [6.07, 6.45) is 8.11. The first kappa shape index (κ1) is 13.9. The number of fused-ring (bicyclic) bond motifs is 1. The molecule has 1 aliphatic carbocycles. The molecule has 0 radical (unpaired) electrons. The maximum atomic E-state index is 3.78. The Kier molecular flexibility index (Phi) is 4.62. The second-order valence-corrected chi connectivity index (χ2v) is 6.63. The molecule has 0 unspecified atom stereocenters. The van der Waals surface area contributed by atoms with Crippen molar-refractivity contribution in [3.63, 3.8) is 0 Å². The molecule has 0 saturated heterocycles. The van der Waals surface area contributed by atoms with Gasteiger partial charge in [0.2, 0.25) is 0 Å². The van der Waals surface area contributed by atoms with Gasteiger partial charge >= 0.3 is 0 Å². The summed E-state index contributed by atoms with van der Waals surface area (Å²) in [5.41, 5.74) is 3.00. The van der Waals surface area contributed by atoms with E-state index in [0.717, 1.165) is 25.0 Å². The summed E-state index contributed by atoms with van der Waals surface area (Å²) in [6.45, 7) is 5.90. The largest absolute Gasteiger partial charge is 0.370 e. The number of benzene rings is 1. The van der Waals surface area contributed by atoms with E-state index in [1.165, 1.54) is 56.3 Å². The summed E-state index contributed by atoms with van der Waals surface area (Å²) in [4.78, 5) is 2.57. The van der Waals surface area contributed by atoms with E-state index in [-0.39, 0.29) is 0 Å². The number of hydrogen-bond donors (Lipinski definition) is 1. The first-order chi connectivity index (χ1) is 9.83. The monoisotopic (exact) mass is 272 g/mol. The smallest absolute Gasteiger partial charge is 0.0399 e. The van der Waals surface area contributed by atoms with Crippen molar-refractivity contribution < 1.29 is 0 Å². The summed E-state index contributed by atoms with van der Waals surface area (Å²) < 4.78 is 0. The SMILES string of the molecule is CC1CCC(NCCN2CCCc3ccccc32)CC1. The Morgan fingerprint density at radius 2 is 1.95 bits per heavy atom. The average Bonchev–Trinajstić information content (AvgIpc) is 2.49. The summed E-state index contributed by atoms with van der Waals surface area (Å²) in [5.74, 6) is 0.946. The third kappa shape index (κ3) is 3.35. The highest BCUT2D eigenvalue weighted by Crippen LogP contribution is 2.26. The van der Waals surface area contributed by atoms with Crippen LogP contribution in [-0.2, 0) is 6.42 Å². The van der Waals surface area contributed by atoms with E-state index < -0.39 is 0 Å². The number of rotatable bonds is 4. The maximum Gasteiger partial charge on any atom is 0.0399 e. The van der Waals surface area contributed by atoms with Crippen LogP contribution < -0.4 is 10.2 Å². The number of nitrogens with one attached hydrogen (secondary N) is 1. The zero-order valence-electron chi connectivity index (χ0n) is 12.8. The molecule has 3 rings (SSSR count). The fourth-order valence-corrected chi connectivity index (χ4v) is 3.71. The Balaban J connectivity index is 1.47. The number of para-hydroxylation sites is 1. The van der Waals surface area contributed by atoms with Crippen LogP contribution in [0.2, 0.25) is 0 Å². The van der Waals surface area contributed by atoms with Crippen LogP contribution in [0.25, 0.3) is 0 Å². The van der Waals surface area contributed by atoms with Crippen molar-refractivity contribution in [2.45, 2.75) is 51.5 Å². The fourth-order valence-electron chi connectivity index (χ4n) is 3.71. The van der Waals surface area contributed by atoms with Crippen molar-refractivity contribution >= 4 is 5.69 Å². The molecule has 1 N–H and O–H groups in total. The molecule has 0 atom stereocenters. The van der Waals surface area contributed by atoms with Gasteiger partial charge in [0.05, 0.1) is 0 Å². The highest BCUT2D eigenvalue weighted by molar-refractivity contribution is 5.55. The van der Waals surface area contributed by atoms with Crippen molar-refractivity contribution in [2.75, 3.05) is 24.5 Å². The molecule has 0 bridgehead atoms. The topological polar surface area (TPSA) is 15.3 Å². The molecular weight excluding hydrogens is 244 g/mol. The maximum absolute atomic E-state index is 3.78. The lowest BCUT2D eigenvalue weighted by atomic mass is 9.87. The Labute approximate surface area is 123 Å². The highest BCUT2D eigenvalue weighted by Gasteiger charge is 2.19. The fraction of sp³-hybridized carbons (Fsp3) is 0.667. The number of hydrogen-bond acceptors (Lipinski definition) is 2. The molecule has 0 aromatic heterocycles. The molecule has 110 valence electrons. The second-order valence-electron chi connectivity index (χ2n) is 6.63. The van der Waals surface area contributed by atoms with Crippen LogP contribution in [0.1, 0.15) is 44.6 Å². The molecule has 2 heteroatoms. The van der Waals surface area contributed by atoms with Gasteiger partial charge in [-0.15, -0.1) is 0 Å². The lowest BCUT2D eigenvalue weighted by Gasteiger charge is -2.33. The average molecular weight is 272 g/mol. The standard InChI is InChI=1S/C18H28N2/c1-15-8-10-17(11-9-15)19-12-14-20-13-4-6-16-5-2-3-7-18(16)20/h2-3,5,7,15,17,19H,4,6,8-14H2,1H3. The Bertz CT molecular complexity index is 421.